The number of pyridine rings is 1. The number of nitrogens with zero attached hydrogens (tertiary/aromatic N) is 2. The van der Waals surface area contributed by atoms with Gasteiger partial charge in [0, 0.05) is 23.1 Å². The van der Waals surface area contributed by atoms with E-state index in [9.17, 15) is 9.18 Å². The molecule has 0 atom stereocenters. The molecule has 1 aliphatic heterocycles. The van der Waals surface area contributed by atoms with Crippen LogP contribution in [0.5, 0.6) is 0 Å². The first-order valence-electron chi connectivity index (χ1n) is 9.22. The first kappa shape index (κ1) is 16.6. The van der Waals surface area contributed by atoms with Crippen molar-refractivity contribution in [2.45, 2.75) is 13.1 Å². The van der Waals surface area contributed by atoms with E-state index in [0.29, 0.717) is 17.7 Å². The first-order chi connectivity index (χ1) is 13.7. The quantitative estimate of drug-likeness (QED) is 0.498. The number of amides is 1. The lowest BCUT2D eigenvalue weighted by atomic mass is 9.95. The lowest BCUT2D eigenvalue weighted by Crippen LogP contribution is -2.24. The van der Waals surface area contributed by atoms with E-state index in [1.54, 1.807) is 23.1 Å². The lowest BCUT2D eigenvalue weighted by molar-refractivity contribution is 0.0765. The average Bonchev–Trinajstić information content (AvgIpc) is 3.03. The van der Waals surface area contributed by atoms with Gasteiger partial charge in [-0.3, -0.25) is 9.78 Å². The topological polar surface area (TPSA) is 33.2 Å². The molecule has 1 amide bonds. The molecule has 0 unspecified atom stereocenters. The molecule has 136 valence electrons. The van der Waals surface area contributed by atoms with E-state index in [0.717, 1.165) is 27.7 Å². The molecule has 5 rings (SSSR count). The normalized spacial score (nSPS) is 13.2. The van der Waals surface area contributed by atoms with Gasteiger partial charge < -0.3 is 4.90 Å². The van der Waals surface area contributed by atoms with Gasteiger partial charge in [-0.25, -0.2) is 4.39 Å². The van der Waals surface area contributed by atoms with Crippen LogP contribution in [0.2, 0.25) is 0 Å². The maximum absolute atomic E-state index is 14.1. The zero-order chi connectivity index (χ0) is 19.1. The summed E-state index contributed by atoms with van der Waals surface area (Å²) in [6, 6.07) is 24.4. The van der Waals surface area contributed by atoms with Crippen molar-refractivity contribution < 1.29 is 9.18 Å². The Morgan fingerprint density at radius 2 is 1.57 bits per heavy atom. The summed E-state index contributed by atoms with van der Waals surface area (Å²) < 4.78 is 14.1. The molecule has 2 heterocycles. The molecule has 0 saturated heterocycles. The number of carbonyl (C=O) groups excluding carboxylic acids is 1. The summed E-state index contributed by atoms with van der Waals surface area (Å²) in [5, 5.41) is 0.952. The molecule has 0 aliphatic carbocycles. The zero-order valence-corrected chi connectivity index (χ0v) is 15.1. The van der Waals surface area contributed by atoms with Gasteiger partial charge in [0.15, 0.2) is 0 Å². The number of fused-ring (bicyclic) bond motifs is 2. The second kappa shape index (κ2) is 6.57. The van der Waals surface area contributed by atoms with Crippen LogP contribution in [0.3, 0.4) is 0 Å². The summed E-state index contributed by atoms with van der Waals surface area (Å²) in [6.45, 7) is 0.611. The van der Waals surface area contributed by atoms with Crippen LogP contribution in [0.4, 0.5) is 4.39 Å². The lowest BCUT2D eigenvalue weighted by Gasteiger charge is -2.16. The summed E-state index contributed by atoms with van der Waals surface area (Å²) in [7, 11) is 0. The van der Waals surface area contributed by atoms with Crippen molar-refractivity contribution in [3.05, 3.63) is 102 Å². The van der Waals surface area contributed by atoms with Crippen molar-refractivity contribution >= 4 is 16.8 Å². The summed E-state index contributed by atoms with van der Waals surface area (Å²) in [6.07, 6.45) is 0. The monoisotopic (exact) mass is 368 g/mol. The Labute approximate surface area is 162 Å². The van der Waals surface area contributed by atoms with Crippen molar-refractivity contribution in [1.29, 1.82) is 0 Å². The van der Waals surface area contributed by atoms with Crippen LogP contribution >= 0.6 is 0 Å². The van der Waals surface area contributed by atoms with E-state index in [-0.39, 0.29) is 18.3 Å². The number of para-hydroxylation sites is 1. The van der Waals surface area contributed by atoms with Crippen LogP contribution in [0.15, 0.2) is 78.9 Å². The van der Waals surface area contributed by atoms with Crippen LogP contribution in [0.25, 0.3) is 22.0 Å². The fourth-order valence-electron chi connectivity index (χ4n) is 3.88. The minimum atomic E-state index is -0.298. The van der Waals surface area contributed by atoms with Crippen LogP contribution in [0, 0.1) is 5.82 Å². The number of carbonyl (C=O) groups is 1. The Balaban J connectivity index is 1.66. The number of halogens is 1. The molecule has 28 heavy (non-hydrogen) atoms. The standard InChI is InChI=1S/C24H17FN2O/c25-19-12-6-4-10-17(19)14-27-15-21-23(24(27)28)22(16-8-2-1-3-9-16)18-11-5-7-13-20(18)26-21/h1-13H,14-15H2. The van der Waals surface area contributed by atoms with Crippen LogP contribution in [-0.4, -0.2) is 15.8 Å². The molecular weight excluding hydrogens is 351 g/mol. The van der Waals surface area contributed by atoms with Crippen molar-refractivity contribution in [1.82, 2.24) is 9.88 Å². The highest BCUT2D eigenvalue weighted by atomic mass is 19.1. The highest BCUT2D eigenvalue weighted by Gasteiger charge is 2.33. The van der Waals surface area contributed by atoms with Crippen LogP contribution < -0.4 is 0 Å². The molecule has 0 bridgehead atoms. The molecule has 4 heteroatoms. The van der Waals surface area contributed by atoms with E-state index in [1.807, 2.05) is 54.6 Å². The number of aromatic nitrogens is 1. The van der Waals surface area contributed by atoms with Crippen molar-refractivity contribution in [3.63, 3.8) is 0 Å². The molecular formula is C24H17FN2O. The van der Waals surface area contributed by atoms with Gasteiger partial charge >= 0.3 is 0 Å². The van der Waals surface area contributed by atoms with Gasteiger partial charge in [0.1, 0.15) is 5.82 Å². The van der Waals surface area contributed by atoms with Crippen LogP contribution in [0.1, 0.15) is 21.6 Å². The van der Waals surface area contributed by atoms with Crippen molar-refractivity contribution in [3.8, 4) is 11.1 Å². The van der Waals surface area contributed by atoms with Gasteiger partial charge in [0.2, 0.25) is 0 Å². The Morgan fingerprint density at radius 1 is 0.857 bits per heavy atom. The number of hydrogen-bond donors (Lipinski definition) is 0. The van der Waals surface area contributed by atoms with Gasteiger partial charge in [-0.2, -0.15) is 0 Å². The fraction of sp³-hybridized carbons (Fsp3) is 0.0833. The van der Waals surface area contributed by atoms with Gasteiger partial charge in [-0.1, -0.05) is 66.7 Å². The van der Waals surface area contributed by atoms with Gasteiger partial charge in [0.05, 0.1) is 23.3 Å². The van der Waals surface area contributed by atoms with E-state index < -0.39 is 0 Å². The summed E-state index contributed by atoms with van der Waals surface area (Å²) in [5.41, 5.74) is 4.64. The molecule has 4 aromatic rings. The van der Waals surface area contributed by atoms with E-state index in [4.69, 9.17) is 4.98 Å². The smallest absolute Gasteiger partial charge is 0.257 e. The second-order valence-electron chi connectivity index (χ2n) is 6.94. The third kappa shape index (κ3) is 2.65. The first-order valence-corrected chi connectivity index (χ1v) is 9.22. The molecule has 0 N–H and O–H groups in total. The van der Waals surface area contributed by atoms with E-state index in [1.165, 1.54) is 6.07 Å². The molecule has 0 radical (unpaired) electrons. The highest BCUT2D eigenvalue weighted by molar-refractivity contribution is 6.11. The minimum Gasteiger partial charge on any atom is -0.328 e. The number of hydrogen-bond acceptors (Lipinski definition) is 2. The molecule has 0 spiro atoms. The summed E-state index contributed by atoms with van der Waals surface area (Å²) in [4.78, 5) is 19.7. The maximum Gasteiger partial charge on any atom is 0.257 e. The van der Waals surface area contributed by atoms with Crippen LogP contribution in [-0.2, 0) is 13.1 Å². The average molecular weight is 368 g/mol. The third-order valence-electron chi connectivity index (χ3n) is 5.19. The SMILES string of the molecule is O=C1c2c(nc3ccccc3c2-c2ccccc2)CN1Cc1ccccc1F. The van der Waals surface area contributed by atoms with Gasteiger partial charge in [0.25, 0.3) is 5.91 Å². The summed E-state index contributed by atoms with van der Waals surface area (Å²) >= 11 is 0. The molecule has 1 aliphatic rings. The largest absolute Gasteiger partial charge is 0.328 e. The molecule has 0 fully saturated rings. The Kier molecular flexibility index (Phi) is 3.90. The molecule has 0 saturated carbocycles. The zero-order valence-electron chi connectivity index (χ0n) is 15.1. The van der Waals surface area contributed by atoms with Gasteiger partial charge in [-0.15, -0.1) is 0 Å². The molecule has 3 nitrogen and oxygen atoms in total. The van der Waals surface area contributed by atoms with E-state index >= 15 is 0 Å². The second-order valence-corrected chi connectivity index (χ2v) is 6.94. The highest BCUT2D eigenvalue weighted by Crippen LogP contribution is 2.37. The Hall–Kier alpha value is -3.53. The number of rotatable bonds is 3. The predicted octanol–water partition coefficient (Wildman–Crippen LogP) is 5.20. The van der Waals surface area contributed by atoms with Gasteiger partial charge in [-0.05, 0) is 17.7 Å². The third-order valence-corrected chi connectivity index (χ3v) is 5.19. The predicted molar refractivity (Wildman–Crippen MR) is 107 cm³/mol. The summed E-state index contributed by atoms with van der Waals surface area (Å²) in [5.74, 6) is -0.400. The van der Waals surface area contributed by atoms with Crippen molar-refractivity contribution in [2.24, 2.45) is 0 Å². The molecule has 1 aromatic heterocycles. The van der Waals surface area contributed by atoms with Crippen molar-refractivity contribution in [2.75, 3.05) is 0 Å². The fourth-order valence-corrected chi connectivity index (χ4v) is 3.88. The van der Waals surface area contributed by atoms with E-state index in [2.05, 4.69) is 0 Å². The molecule has 3 aromatic carbocycles. The minimum absolute atomic E-state index is 0.102. The maximum atomic E-state index is 14.1. The number of benzene rings is 3. The Bertz CT molecular complexity index is 1200. The Morgan fingerprint density at radius 3 is 2.39 bits per heavy atom.